The Morgan fingerprint density at radius 3 is 2.95 bits per heavy atom. The predicted molar refractivity (Wildman–Crippen MR) is 78.9 cm³/mol. The number of aryl methyl sites for hydroxylation is 1. The SMILES string of the molecule is COC(=O)Cc1csc(NC(C)c2ccc(C)s2)n1. The van der Waals surface area contributed by atoms with E-state index in [1.807, 2.05) is 5.38 Å². The van der Waals surface area contributed by atoms with Gasteiger partial charge in [0, 0.05) is 15.1 Å². The molecule has 0 aliphatic heterocycles. The Hall–Kier alpha value is -1.40. The van der Waals surface area contributed by atoms with E-state index in [1.54, 1.807) is 11.3 Å². The second kappa shape index (κ2) is 6.16. The van der Waals surface area contributed by atoms with E-state index in [0.717, 1.165) is 10.8 Å². The normalized spacial score (nSPS) is 12.2. The largest absolute Gasteiger partial charge is 0.469 e. The lowest BCUT2D eigenvalue weighted by Crippen LogP contribution is -2.06. The highest BCUT2D eigenvalue weighted by Gasteiger charge is 2.11. The number of thiophene rings is 1. The summed E-state index contributed by atoms with van der Waals surface area (Å²) >= 11 is 3.28. The lowest BCUT2D eigenvalue weighted by Gasteiger charge is -2.10. The van der Waals surface area contributed by atoms with Crippen LogP contribution >= 0.6 is 22.7 Å². The molecule has 0 aliphatic carbocycles. The van der Waals surface area contributed by atoms with Gasteiger partial charge >= 0.3 is 5.97 Å². The number of nitrogens with one attached hydrogen (secondary N) is 1. The van der Waals surface area contributed by atoms with Crippen molar-refractivity contribution < 1.29 is 9.53 Å². The van der Waals surface area contributed by atoms with Crippen molar-refractivity contribution in [3.05, 3.63) is 33.0 Å². The molecule has 0 radical (unpaired) electrons. The molecule has 0 aromatic carbocycles. The van der Waals surface area contributed by atoms with E-state index in [-0.39, 0.29) is 18.4 Å². The number of hydrogen-bond acceptors (Lipinski definition) is 6. The number of nitrogens with zero attached hydrogens (tertiary/aromatic N) is 1. The van der Waals surface area contributed by atoms with E-state index < -0.39 is 0 Å². The third-order valence-electron chi connectivity index (χ3n) is 2.63. The molecule has 19 heavy (non-hydrogen) atoms. The number of esters is 1. The van der Waals surface area contributed by atoms with Gasteiger partial charge in [-0.1, -0.05) is 0 Å². The molecule has 2 aromatic rings. The highest BCUT2D eigenvalue weighted by molar-refractivity contribution is 7.14. The van der Waals surface area contributed by atoms with Gasteiger partial charge in [0.2, 0.25) is 0 Å². The second-order valence-electron chi connectivity index (χ2n) is 4.21. The van der Waals surface area contributed by atoms with Crippen LogP contribution < -0.4 is 5.32 Å². The topological polar surface area (TPSA) is 51.2 Å². The van der Waals surface area contributed by atoms with Crippen LogP contribution in [0.5, 0.6) is 0 Å². The fourth-order valence-electron chi connectivity index (χ4n) is 1.62. The maximum absolute atomic E-state index is 11.2. The highest BCUT2D eigenvalue weighted by atomic mass is 32.1. The molecule has 0 bridgehead atoms. The molecule has 2 rings (SSSR count). The summed E-state index contributed by atoms with van der Waals surface area (Å²) in [6.45, 7) is 4.20. The minimum Gasteiger partial charge on any atom is -0.469 e. The van der Waals surface area contributed by atoms with Gasteiger partial charge in [0.1, 0.15) is 0 Å². The van der Waals surface area contributed by atoms with Gasteiger partial charge in [-0.25, -0.2) is 4.98 Å². The minimum atomic E-state index is -0.265. The third kappa shape index (κ3) is 3.78. The molecule has 4 nitrogen and oxygen atoms in total. The first kappa shape index (κ1) is 14.0. The maximum Gasteiger partial charge on any atom is 0.311 e. The van der Waals surface area contributed by atoms with Crippen LogP contribution in [-0.4, -0.2) is 18.1 Å². The van der Waals surface area contributed by atoms with E-state index in [4.69, 9.17) is 0 Å². The number of thiazole rings is 1. The number of rotatable bonds is 5. The maximum atomic E-state index is 11.2. The zero-order valence-corrected chi connectivity index (χ0v) is 12.7. The van der Waals surface area contributed by atoms with Gasteiger partial charge < -0.3 is 10.1 Å². The van der Waals surface area contributed by atoms with Crippen molar-refractivity contribution in [2.24, 2.45) is 0 Å². The van der Waals surface area contributed by atoms with Gasteiger partial charge in [-0.15, -0.1) is 22.7 Å². The number of carbonyl (C=O) groups excluding carboxylic acids is 1. The molecule has 6 heteroatoms. The van der Waals surface area contributed by atoms with Crippen LogP contribution in [0.3, 0.4) is 0 Å². The quantitative estimate of drug-likeness (QED) is 0.859. The monoisotopic (exact) mass is 296 g/mol. The van der Waals surface area contributed by atoms with E-state index in [1.165, 1.54) is 28.2 Å². The summed E-state index contributed by atoms with van der Waals surface area (Å²) in [4.78, 5) is 18.1. The average molecular weight is 296 g/mol. The van der Waals surface area contributed by atoms with E-state index in [2.05, 4.69) is 41.0 Å². The van der Waals surface area contributed by atoms with Crippen molar-refractivity contribution in [1.82, 2.24) is 4.98 Å². The Morgan fingerprint density at radius 2 is 2.32 bits per heavy atom. The van der Waals surface area contributed by atoms with Crippen LogP contribution in [0.25, 0.3) is 0 Å². The molecule has 0 spiro atoms. The molecule has 1 unspecified atom stereocenters. The Kier molecular flexibility index (Phi) is 4.55. The van der Waals surface area contributed by atoms with Crippen molar-refractivity contribution in [3.8, 4) is 0 Å². The van der Waals surface area contributed by atoms with Crippen LogP contribution in [0.2, 0.25) is 0 Å². The Morgan fingerprint density at radius 1 is 1.53 bits per heavy atom. The van der Waals surface area contributed by atoms with Crippen LogP contribution in [0.1, 0.15) is 28.4 Å². The summed E-state index contributed by atoms with van der Waals surface area (Å²) in [5.41, 5.74) is 0.744. The highest BCUT2D eigenvalue weighted by Crippen LogP contribution is 2.27. The zero-order chi connectivity index (χ0) is 13.8. The van der Waals surface area contributed by atoms with Crippen molar-refractivity contribution in [2.75, 3.05) is 12.4 Å². The van der Waals surface area contributed by atoms with Gasteiger partial charge in [0.05, 0.1) is 25.3 Å². The summed E-state index contributed by atoms with van der Waals surface area (Å²) < 4.78 is 4.62. The van der Waals surface area contributed by atoms with Crippen LogP contribution in [0, 0.1) is 6.92 Å². The Balaban J connectivity index is 1.98. The summed E-state index contributed by atoms with van der Waals surface area (Å²) in [6.07, 6.45) is 0.223. The molecular formula is C13H16N2O2S2. The summed E-state index contributed by atoms with van der Waals surface area (Å²) in [6, 6.07) is 4.46. The first-order chi connectivity index (χ1) is 9.08. The molecule has 0 amide bonds. The predicted octanol–water partition coefficient (Wildman–Crippen LogP) is 3.40. The van der Waals surface area contributed by atoms with Crippen molar-refractivity contribution in [3.63, 3.8) is 0 Å². The lowest BCUT2D eigenvalue weighted by molar-refractivity contribution is -0.139. The molecule has 0 aliphatic rings. The second-order valence-corrected chi connectivity index (χ2v) is 6.39. The number of hydrogen-bond donors (Lipinski definition) is 1. The van der Waals surface area contributed by atoms with E-state index in [0.29, 0.717) is 0 Å². The molecular weight excluding hydrogens is 280 g/mol. The van der Waals surface area contributed by atoms with Crippen LogP contribution in [0.4, 0.5) is 5.13 Å². The van der Waals surface area contributed by atoms with Crippen LogP contribution in [0.15, 0.2) is 17.5 Å². The summed E-state index contributed by atoms with van der Waals surface area (Å²) in [7, 11) is 1.38. The molecule has 0 saturated carbocycles. The first-order valence-electron chi connectivity index (χ1n) is 5.92. The summed E-state index contributed by atoms with van der Waals surface area (Å²) in [5.74, 6) is -0.265. The molecule has 1 N–H and O–H groups in total. The number of methoxy groups -OCH3 is 1. The standard InChI is InChI=1S/C13H16N2O2S2/c1-8-4-5-11(19-8)9(2)14-13-15-10(7-18-13)6-12(16)17-3/h4-5,7,9H,6H2,1-3H3,(H,14,15). The Bertz CT molecular complexity index is 562. The van der Waals surface area contributed by atoms with Crippen LogP contribution in [-0.2, 0) is 16.0 Å². The number of anilines is 1. The zero-order valence-electron chi connectivity index (χ0n) is 11.1. The first-order valence-corrected chi connectivity index (χ1v) is 7.62. The molecule has 2 heterocycles. The van der Waals surface area contributed by atoms with Gasteiger partial charge in [-0.05, 0) is 26.0 Å². The van der Waals surface area contributed by atoms with E-state index in [9.17, 15) is 4.79 Å². The third-order valence-corrected chi connectivity index (χ3v) is 4.64. The molecule has 2 aromatic heterocycles. The summed E-state index contributed by atoms with van der Waals surface area (Å²) in [5, 5.41) is 6.06. The smallest absolute Gasteiger partial charge is 0.311 e. The van der Waals surface area contributed by atoms with Gasteiger partial charge in [0.15, 0.2) is 5.13 Å². The van der Waals surface area contributed by atoms with Gasteiger partial charge in [0.25, 0.3) is 0 Å². The molecule has 102 valence electrons. The van der Waals surface area contributed by atoms with Gasteiger partial charge in [-0.3, -0.25) is 4.79 Å². The van der Waals surface area contributed by atoms with E-state index >= 15 is 0 Å². The molecule has 0 saturated heterocycles. The minimum absolute atomic E-state index is 0.218. The fourth-order valence-corrected chi connectivity index (χ4v) is 3.30. The average Bonchev–Trinajstić information content (AvgIpc) is 2.98. The number of ether oxygens (including phenoxy) is 1. The van der Waals surface area contributed by atoms with Crippen molar-refractivity contribution >= 4 is 33.8 Å². The van der Waals surface area contributed by atoms with Crippen molar-refractivity contribution in [2.45, 2.75) is 26.3 Å². The Labute approximate surface area is 120 Å². The number of carbonyl (C=O) groups is 1. The van der Waals surface area contributed by atoms with Crippen molar-refractivity contribution in [1.29, 1.82) is 0 Å². The molecule has 1 atom stereocenters. The fraction of sp³-hybridized carbons (Fsp3) is 0.385. The van der Waals surface area contributed by atoms with Gasteiger partial charge in [-0.2, -0.15) is 0 Å². The molecule has 0 fully saturated rings. The lowest BCUT2D eigenvalue weighted by atomic mass is 10.3. The number of aromatic nitrogens is 1.